The standard InChI is InChI=1S/C26H25NO5S/c1-5-31-26(28)23-21-15-20(11-12-22(21)32-24(23)19-9-7-6-8-10-19)27-33(29,30)25-17(3)13-16(2)14-18(25)4/h6-15,27H,5H2,1-4H3. The smallest absolute Gasteiger partial charge is 0.342 e. The fourth-order valence-electron chi connectivity index (χ4n) is 4.16. The lowest BCUT2D eigenvalue weighted by atomic mass is 10.1. The van der Waals surface area contributed by atoms with Crippen molar-refractivity contribution in [1.82, 2.24) is 0 Å². The molecule has 4 rings (SSSR count). The molecule has 0 atom stereocenters. The van der Waals surface area contributed by atoms with E-state index in [0.717, 1.165) is 11.1 Å². The Hall–Kier alpha value is -3.58. The number of esters is 1. The lowest BCUT2D eigenvalue weighted by molar-refractivity contribution is 0.0528. The van der Waals surface area contributed by atoms with Crippen molar-refractivity contribution in [3.05, 3.63) is 82.9 Å². The van der Waals surface area contributed by atoms with Crippen LogP contribution in [-0.2, 0) is 14.8 Å². The van der Waals surface area contributed by atoms with Crippen LogP contribution in [0.3, 0.4) is 0 Å². The third kappa shape index (κ3) is 4.36. The van der Waals surface area contributed by atoms with E-state index in [0.29, 0.717) is 33.5 Å². The van der Waals surface area contributed by atoms with Gasteiger partial charge in [-0.3, -0.25) is 4.72 Å². The van der Waals surface area contributed by atoms with E-state index in [1.807, 2.05) is 49.4 Å². The van der Waals surface area contributed by atoms with E-state index in [-0.39, 0.29) is 17.1 Å². The van der Waals surface area contributed by atoms with Gasteiger partial charge in [0.15, 0.2) is 0 Å². The molecule has 0 aliphatic carbocycles. The first-order valence-electron chi connectivity index (χ1n) is 10.6. The van der Waals surface area contributed by atoms with E-state index in [1.54, 1.807) is 39.0 Å². The van der Waals surface area contributed by atoms with Gasteiger partial charge in [-0.2, -0.15) is 0 Å². The van der Waals surface area contributed by atoms with E-state index in [4.69, 9.17) is 9.15 Å². The number of carbonyl (C=O) groups is 1. The van der Waals surface area contributed by atoms with Crippen molar-refractivity contribution >= 4 is 32.6 Å². The van der Waals surface area contributed by atoms with E-state index < -0.39 is 16.0 Å². The fraction of sp³-hybridized carbons (Fsp3) is 0.192. The summed E-state index contributed by atoms with van der Waals surface area (Å²) in [6.45, 7) is 7.42. The van der Waals surface area contributed by atoms with Gasteiger partial charge in [-0.15, -0.1) is 0 Å². The Labute approximate surface area is 193 Å². The number of benzene rings is 3. The van der Waals surface area contributed by atoms with Crippen LogP contribution in [0, 0.1) is 20.8 Å². The Kier molecular flexibility index (Phi) is 5.99. The zero-order valence-electron chi connectivity index (χ0n) is 18.9. The van der Waals surface area contributed by atoms with E-state index in [1.165, 1.54) is 0 Å². The van der Waals surface area contributed by atoms with Crippen molar-refractivity contribution in [2.24, 2.45) is 0 Å². The number of fused-ring (bicyclic) bond motifs is 1. The molecule has 1 N–H and O–H groups in total. The molecule has 0 aliphatic rings. The Morgan fingerprint density at radius 2 is 1.64 bits per heavy atom. The van der Waals surface area contributed by atoms with Gasteiger partial charge in [-0.05, 0) is 57.0 Å². The molecule has 0 amide bonds. The van der Waals surface area contributed by atoms with Crippen LogP contribution in [0.5, 0.6) is 0 Å². The van der Waals surface area contributed by atoms with Crippen LogP contribution in [0.2, 0.25) is 0 Å². The summed E-state index contributed by atoms with van der Waals surface area (Å²) in [7, 11) is -3.85. The second kappa shape index (κ2) is 8.75. The average Bonchev–Trinajstić information content (AvgIpc) is 3.12. The number of sulfonamides is 1. The molecule has 0 saturated carbocycles. The number of hydrogen-bond acceptors (Lipinski definition) is 5. The SMILES string of the molecule is CCOC(=O)c1c(-c2ccccc2)oc2ccc(NS(=O)(=O)c3c(C)cc(C)cc3C)cc12. The molecule has 1 aromatic heterocycles. The van der Waals surface area contributed by atoms with Crippen LogP contribution < -0.4 is 4.72 Å². The second-order valence-corrected chi connectivity index (χ2v) is 9.56. The van der Waals surface area contributed by atoms with E-state index >= 15 is 0 Å². The van der Waals surface area contributed by atoms with Crippen molar-refractivity contribution in [1.29, 1.82) is 0 Å². The summed E-state index contributed by atoms with van der Waals surface area (Å²) in [4.78, 5) is 13.1. The van der Waals surface area contributed by atoms with E-state index in [2.05, 4.69) is 4.72 Å². The highest BCUT2D eigenvalue weighted by molar-refractivity contribution is 7.92. The Morgan fingerprint density at radius 3 is 2.27 bits per heavy atom. The minimum Gasteiger partial charge on any atom is -0.462 e. The minimum absolute atomic E-state index is 0.206. The van der Waals surface area contributed by atoms with Crippen LogP contribution in [0.25, 0.3) is 22.3 Å². The molecule has 0 bridgehead atoms. The third-order valence-electron chi connectivity index (χ3n) is 5.33. The summed E-state index contributed by atoms with van der Waals surface area (Å²) >= 11 is 0. The Bertz CT molecular complexity index is 1430. The molecule has 0 fully saturated rings. The van der Waals surface area contributed by atoms with Gasteiger partial charge in [-0.1, -0.05) is 48.0 Å². The number of ether oxygens (including phenoxy) is 1. The van der Waals surface area contributed by atoms with Gasteiger partial charge in [0.2, 0.25) is 0 Å². The van der Waals surface area contributed by atoms with Gasteiger partial charge < -0.3 is 9.15 Å². The summed E-state index contributed by atoms with van der Waals surface area (Å²) in [6, 6.07) is 17.8. The normalized spacial score (nSPS) is 11.5. The number of furan rings is 1. The highest BCUT2D eigenvalue weighted by atomic mass is 32.2. The van der Waals surface area contributed by atoms with Gasteiger partial charge >= 0.3 is 5.97 Å². The van der Waals surface area contributed by atoms with Crippen molar-refractivity contribution < 1.29 is 22.4 Å². The largest absolute Gasteiger partial charge is 0.462 e. The topological polar surface area (TPSA) is 85.6 Å². The molecule has 3 aromatic carbocycles. The summed E-state index contributed by atoms with van der Waals surface area (Å²) in [5.74, 6) is -0.144. The molecule has 6 nitrogen and oxygen atoms in total. The molecule has 4 aromatic rings. The highest BCUT2D eigenvalue weighted by Gasteiger charge is 2.25. The first-order chi connectivity index (χ1) is 15.7. The summed E-state index contributed by atoms with van der Waals surface area (Å²) in [6.07, 6.45) is 0. The number of nitrogens with one attached hydrogen (secondary N) is 1. The lowest BCUT2D eigenvalue weighted by Gasteiger charge is -2.14. The number of hydrogen-bond donors (Lipinski definition) is 1. The molecule has 1 heterocycles. The Balaban J connectivity index is 1.83. The minimum atomic E-state index is -3.85. The quantitative estimate of drug-likeness (QED) is 0.354. The van der Waals surface area contributed by atoms with E-state index in [9.17, 15) is 13.2 Å². The van der Waals surface area contributed by atoms with Crippen LogP contribution in [-0.4, -0.2) is 21.0 Å². The zero-order valence-corrected chi connectivity index (χ0v) is 19.7. The predicted molar refractivity (Wildman–Crippen MR) is 129 cm³/mol. The van der Waals surface area contributed by atoms with Crippen LogP contribution in [0.15, 0.2) is 70.0 Å². The predicted octanol–water partition coefficient (Wildman–Crippen LogP) is 6.00. The third-order valence-corrected chi connectivity index (χ3v) is 7.01. The van der Waals surface area contributed by atoms with Crippen molar-refractivity contribution in [2.75, 3.05) is 11.3 Å². The van der Waals surface area contributed by atoms with Gasteiger partial charge in [-0.25, -0.2) is 13.2 Å². The van der Waals surface area contributed by atoms with Crippen molar-refractivity contribution in [3.63, 3.8) is 0 Å². The fourth-order valence-corrected chi connectivity index (χ4v) is 5.66. The van der Waals surface area contributed by atoms with Crippen LogP contribution in [0.1, 0.15) is 34.0 Å². The molecule has 170 valence electrons. The monoisotopic (exact) mass is 463 g/mol. The number of carbonyl (C=O) groups excluding carboxylic acids is 1. The number of aryl methyl sites for hydroxylation is 3. The molecule has 0 spiro atoms. The number of anilines is 1. The zero-order chi connectivity index (χ0) is 23.8. The molecular formula is C26H25NO5S. The van der Waals surface area contributed by atoms with Gasteiger partial charge in [0.05, 0.1) is 11.5 Å². The first-order valence-corrected chi connectivity index (χ1v) is 12.1. The molecule has 0 aliphatic heterocycles. The summed E-state index contributed by atoms with van der Waals surface area (Å²) in [5, 5.41) is 0.477. The van der Waals surface area contributed by atoms with Gasteiger partial charge in [0, 0.05) is 16.6 Å². The molecule has 0 unspecified atom stereocenters. The molecule has 0 saturated heterocycles. The average molecular weight is 464 g/mol. The summed E-state index contributed by atoms with van der Waals surface area (Å²) in [5.41, 5.74) is 4.11. The first kappa shape index (κ1) is 22.6. The molecule has 33 heavy (non-hydrogen) atoms. The van der Waals surface area contributed by atoms with Crippen LogP contribution >= 0.6 is 0 Å². The van der Waals surface area contributed by atoms with Crippen molar-refractivity contribution in [2.45, 2.75) is 32.6 Å². The number of rotatable bonds is 6. The molecule has 7 heteroatoms. The Morgan fingerprint density at radius 1 is 0.970 bits per heavy atom. The van der Waals surface area contributed by atoms with Crippen LogP contribution in [0.4, 0.5) is 5.69 Å². The second-order valence-electron chi connectivity index (χ2n) is 7.94. The van der Waals surface area contributed by atoms with Gasteiger partial charge in [0.25, 0.3) is 10.0 Å². The van der Waals surface area contributed by atoms with Crippen molar-refractivity contribution in [3.8, 4) is 11.3 Å². The molecule has 0 radical (unpaired) electrons. The molecular weight excluding hydrogens is 438 g/mol. The summed E-state index contributed by atoms with van der Waals surface area (Å²) < 4.78 is 40.3. The maximum Gasteiger partial charge on any atom is 0.342 e. The maximum atomic E-state index is 13.2. The lowest BCUT2D eigenvalue weighted by Crippen LogP contribution is -2.16. The van der Waals surface area contributed by atoms with Gasteiger partial charge in [0.1, 0.15) is 16.9 Å². The maximum absolute atomic E-state index is 13.2. The highest BCUT2D eigenvalue weighted by Crippen LogP contribution is 2.36.